The molecule has 1 amide bonds. The molecular formula is C16H23BrClNO3. The molecular weight excluding hydrogens is 370 g/mol. The summed E-state index contributed by atoms with van der Waals surface area (Å²) in [4.78, 5) is 11.7. The van der Waals surface area contributed by atoms with Crippen LogP contribution in [0.5, 0.6) is 0 Å². The van der Waals surface area contributed by atoms with E-state index in [0.29, 0.717) is 18.0 Å². The largest absolute Gasteiger partial charge is 0.444 e. The number of alkyl carbamates (subject to hydrolysis) is 1. The van der Waals surface area contributed by atoms with E-state index in [4.69, 9.17) is 16.3 Å². The number of amides is 1. The molecule has 6 heteroatoms. The summed E-state index contributed by atoms with van der Waals surface area (Å²) in [6, 6.07) is 5.63. The van der Waals surface area contributed by atoms with Gasteiger partial charge in [-0.3, -0.25) is 0 Å². The number of aliphatic hydroxyl groups excluding tert-OH is 1. The highest BCUT2D eigenvalue weighted by molar-refractivity contribution is 9.10. The number of hydrogen-bond donors (Lipinski definition) is 2. The van der Waals surface area contributed by atoms with E-state index in [-0.39, 0.29) is 6.61 Å². The van der Waals surface area contributed by atoms with Crippen LogP contribution < -0.4 is 5.32 Å². The summed E-state index contributed by atoms with van der Waals surface area (Å²) in [6.07, 6.45) is 0.0554. The Morgan fingerprint density at radius 1 is 1.36 bits per heavy atom. The van der Waals surface area contributed by atoms with E-state index in [9.17, 15) is 9.90 Å². The fraction of sp³-hybridized carbons (Fsp3) is 0.562. The number of carbonyl (C=O) groups excluding carboxylic acids is 1. The Kier molecular flexibility index (Phi) is 6.71. The number of hydrogen-bond acceptors (Lipinski definition) is 3. The molecule has 0 aliphatic carbocycles. The van der Waals surface area contributed by atoms with Crippen molar-refractivity contribution >= 4 is 33.6 Å². The molecule has 0 radical (unpaired) electrons. The summed E-state index contributed by atoms with van der Waals surface area (Å²) in [6.45, 7) is 7.53. The average molecular weight is 393 g/mol. The Hall–Kier alpha value is -0.780. The third-order valence-electron chi connectivity index (χ3n) is 3.07. The zero-order valence-electron chi connectivity index (χ0n) is 13.4. The van der Waals surface area contributed by atoms with Gasteiger partial charge >= 0.3 is 6.09 Å². The molecule has 0 saturated heterocycles. The van der Waals surface area contributed by atoms with Crippen LogP contribution in [0.3, 0.4) is 0 Å². The monoisotopic (exact) mass is 391 g/mol. The predicted octanol–water partition coefficient (Wildman–Crippen LogP) is 4.17. The first-order chi connectivity index (χ1) is 10.0. The second-order valence-electron chi connectivity index (χ2n) is 6.74. The molecule has 0 heterocycles. The van der Waals surface area contributed by atoms with Crippen molar-refractivity contribution in [3.63, 3.8) is 0 Å². The summed E-state index contributed by atoms with van der Waals surface area (Å²) in [5.74, 6) is 0. The summed E-state index contributed by atoms with van der Waals surface area (Å²) in [5, 5.41) is 13.0. The molecule has 124 valence electrons. The van der Waals surface area contributed by atoms with E-state index in [0.717, 1.165) is 10.0 Å². The molecule has 1 unspecified atom stereocenters. The topological polar surface area (TPSA) is 58.6 Å². The highest BCUT2D eigenvalue weighted by Gasteiger charge is 2.27. The maximum atomic E-state index is 11.7. The number of benzene rings is 1. The normalized spacial score (nSPS) is 14.3. The minimum atomic E-state index is -0.547. The van der Waals surface area contributed by atoms with Crippen molar-refractivity contribution in [2.24, 2.45) is 5.41 Å². The molecule has 4 nitrogen and oxygen atoms in total. The Bertz CT molecular complexity index is 531. The Labute approximate surface area is 145 Å². The SMILES string of the molecule is CC(CO)(CNC(=O)OC(C)(C)C)Cc1ccc(Br)cc1Cl. The first-order valence-corrected chi connectivity index (χ1v) is 8.23. The number of aliphatic hydroxyl groups is 1. The van der Waals surface area contributed by atoms with Crippen LogP contribution in [0.25, 0.3) is 0 Å². The third kappa shape index (κ3) is 6.55. The first-order valence-electron chi connectivity index (χ1n) is 7.06. The smallest absolute Gasteiger partial charge is 0.407 e. The van der Waals surface area contributed by atoms with Crippen LogP contribution in [0.1, 0.15) is 33.3 Å². The Morgan fingerprint density at radius 2 is 2.00 bits per heavy atom. The van der Waals surface area contributed by atoms with Gasteiger partial charge in [-0.15, -0.1) is 0 Å². The average Bonchev–Trinajstić information content (AvgIpc) is 2.38. The number of nitrogens with one attached hydrogen (secondary N) is 1. The highest BCUT2D eigenvalue weighted by atomic mass is 79.9. The van der Waals surface area contributed by atoms with Crippen molar-refractivity contribution in [3.05, 3.63) is 33.3 Å². The summed E-state index contributed by atoms with van der Waals surface area (Å²) in [7, 11) is 0. The van der Waals surface area contributed by atoms with Crippen LogP contribution >= 0.6 is 27.5 Å². The van der Waals surface area contributed by atoms with E-state index in [1.807, 2.05) is 25.1 Å². The molecule has 0 fully saturated rings. The van der Waals surface area contributed by atoms with E-state index in [1.165, 1.54) is 0 Å². The standard InChI is InChI=1S/C16H23BrClNO3/c1-15(2,3)22-14(21)19-9-16(4,10-20)8-11-5-6-12(17)7-13(11)18/h5-7,20H,8-10H2,1-4H3,(H,19,21). The second kappa shape index (κ2) is 7.66. The molecule has 1 aromatic carbocycles. The zero-order valence-corrected chi connectivity index (χ0v) is 15.7. The van der Waals surface area contributed by atoms with Crippen LogP contribution in [0.15, 0.2) is 22.7 Å². The number of carbonyl (C=O) groups is 1. The molecule has 0 bridgehead atoms. The maximum absolute atomic E-state index is 11.7. The van der Waals surface area contributed by atoms with Gasteiger partial charge in [0.25, 0.3) is 0 Å². The lowest BCUT2D eigenvalue weighted by Gasteiger charge is -2.29. The van der Waals surface area contributed by atoms with E-state index in [1.54, 1.807) is 20.8 Å². The van der Waals surface area contributed by atoms with Gasteiger partial charge in [0.2, 0.25) is 0 Å². The minimum Gasteiger partial charge on any atom is -0.444 e. The van der Waals surface area contributed by atoms with Crippen molar-refractivity contribution < 1.29 is 14.6 Å². The molecule has 22 heavy (non-hydrogen) atoms. The summed E-state index contributed by atoms with van der Waals surface area (Å²) < 4.78 is 6.11. The lowest BCUT2D eigenvalue weighted by atomic mass is 9.84. The van der Waals surface area contributed by atoms with Gasteiger partial charge < -0.3 is 15.2 Å². The Morgan fingerprint density at radius 3 is 2.50 bits per heavy atom. The number of rotatable bonds is 5. The summed E-state index contributed by atoms with van der Waals surface area (Å²) >= 11 is 9.58. The third-order valence-corrected chi connectivity index (χ3v) is 3.92. The van der Waals surface area contributed by atoms with Crippen LogP contribution in [0.2, 0.25) is 5.02 Å². The fourth-order valence-corrected chi connectivity index (χ4v) is 2.64. The van der Waals surface area contributed by atoms with Gasteiger partial charge in [0.1, 0.15) is 5.60 Å². The first kappa shape index (κ1) is 19.3. The molecule has 2 N–H and O–H groups in total. The van der Waals surface area contributed by atoms with Gasteiger partial charge in [0, 0.05) is 21.5 Å². The van der Waals surface area contributed by atoms with Crippen LogP contribution in [-0.2, 0) is 11.2 Å². The van der Waals surface area contributed by atoms with Crippen LogP contribution in [-0.4, -0.2) is 30.0 Å². The molecule has 0 aliphatic rings. The molecule has 1 aromatic rings. The van der Waals surface area contributed by atoms with E-state index in [2.05, 4.69) is 21.2 Å². The molecule has 0 saturated carbocycles. The van der Waals surface area contributed by atoms with Gasteiger partial charge in [-0.25, -0.2) is 4.79 Å². The molecule has 0 spiro atoms. The summed E-state index contributed by atoms with van der Waals surface area (Å²) in [5.41, 5.74) is -0.143. The van der Waals surface area contributed by atoms with Gasteiger partial charge in [-0.2, -0.15) is 0 Å². The molecule has 0 aliphatic heterocycles. The van der Waals surface area contributed by atoms with Crippen molar-refractivity contribution in [2.75, 3.05) is 13.2 Å². The van der Waals surface area contributed by atoms with E-state index >= 15 is 0 Å². The molecule has 1 rings (SSSR count). The Balaban J connectivity index is 2.70. The van der Waals surface area contributed by atoms with Crippen LogP contribution in [0.4, 0.5) is 4.79 Å². The van der Waals surface area contributed by atoms with E-state index < -0.39 is 17.1 Å². The van der Waals surface area contributed by atoms with Crippen molar-refractivity contribution in [2.45, 2.75) is 39.7 Å². The second-order valence-corrected chi connectivity index (χ2v) is 8.06. The van der Waals surface area contributed by atoms with Gasteiger partial charge in [0.15, 0.2) is 0 Å². The lowest BCUT2D eigenvalue weighted by molar-refractivity contribution is 0.0478. The number of ether oxygens (including phenoxy) is 1. The zero-order chi connectivity index (χ0) is 17.0. The van der Waals surface area contributed by atoms with Crippen molar-refractivity contribution in [1.29, 1.82) is 0 Å². The molecule has 0 aromatic heterocycles. The van der Waals surface area contributed by atoms with Crippen LogP contribution in [0, 0.1) is 5.41 Å². The fourth-order valence-electron chi connectivity index (χ4n) is 1.90. The van der Waals surface area contributed by atoms with Gasteiger partial charge in [-0.1, -0.05) is 40.5 Å². The van der Waals surface area contributed by atoms with Crippen molar-refractivity contribution in [1.82, 2.24) is 5.32 Å². The van der Waals surface area contributed by atoms with Gasteiger partial charge in [0.05, 0.1) is 6.61 Å². The van der Waals surface area contributed by atoms with Gasteiger partial charge in [-0.05, 0) is 44.9 Å². The minimum absolute atomic E-state index is 0.0742. The van der Waals surface area contributed by atoms with Crippen molar-refractivity contribution in [3.8, 4) is 0 Å². The highest BCUT2D eigenvalue weighted by Crippen LogP contribution is 2.28. The molecule has 1 atom stereocenters. The number of halogens is 2. The predicted molar refractivity (Wildman–Crippen MR) is 92.3 cm³/mol. The maximum Gasteiger partial charge on any atom is 0.407 e. The lowest BCUT2D eigenvalue weighted by Crippen LogP contribution is -2.41. The quantitative estimate of drug-likeness (QED) is 0.790.